The highest BCUT2D eigenvalue weighted by atomic mass is 19.3. The minimum atomic E-state index is -3.67. The lowest BCUT2D eigenvalue weighted by molar-refractivity contribution is -0.286. The van der Waals surface area contributed by atoms with Crippen LogP contribution in [0.5, 0.6) is 34.5 Å². The first-order valence-corrected chi connectivity index (χ1v) is 14.2. The zero-order chi connectivity index (χ0) is 33.1. The predicted octanol–water partition coefficient (Wildman–Crippen LogP) is 4.87. The maximum absolute atomic E-state index is 12.8. The minimum absolute atomic E-state index is 0.0695. The number of aliphatic carboxylic acids is 3. The number of benzene rings is 3. The molecule has 5 N–H and O–H groups in total. The molecule has 2 aliphatic heterocycles. The summed E-state index contributed by atoms with van der Waals surface area (Å²) in [7, 11) is 0. The van der Waals surface area contributed by atoms with Crippen LogP contribution >= 0.6 is 0 Å². The molecule has 14 heteroatoms. The van der Waals surface area contributed by atoms with Gasteiger partial charge in [-0.2, -0.15) is 0 Å². The topological polar surface area (TPSA) is 189 Å². The van der Waals surface area contributed by atoms with Crippen molar-refractivity contribution in [1.29, 1.82) is 0 Å². The lowest BCUT2D eigenvalue weighted by Gasteiger charge is -2.10. The highest BCUT2D eigenvalue weighted by Gasteiger charge is 2.54. The number of carboxylic acids is 3. The van der Waals surface area contributed by atoms with Gasteiger partial charge in [0.2, 0.25) is 6.79 Å². The first kappa shape index (κ1) is 30.7. The molecule has 0 saturated heterocycles. The van der Waals surface area contributed by atoms with Crippen molar-refractivity contribution in [2.45, 2.75) is 61.1 Å². The average molecular weight is 643 g/mol. The van der Waals surface area contributed by atoms with Crippen LogP contribution in [-0.4, -0.2) is 56.5 Å². The summed E-state index contributed by atoms with van der Waals surface area (Å²) in [6, 6.07) is 13.7. The largest absolute Gasteiger partial charge is 0.586 e. The third-order valence-electron chi connectivity index (χ3n) is 8.89. The Morgan fingerprint density at radius 2 is 0.957 bits per heavy atom. The molecule has 0 unspecified atom stereocenters. The van der Waals surface area contributed by atoms with Gasteiger partial charge in [-0.3, -0.25) is 14.4 Å². The first-order valence-electron chi connectivity index (χ1n) is 14.2. The summed E-state index contributed by atoms with van der Waals surface area (Å²) < 4.78 is 44.5. The van der Waals surface area contributed by atoms with E-state index in [1.54, 1.807) is 12.1 Å². The number of halogens is 2. The number of alkyl halides is 2. The summed E-state index contributed by atoms with van der Waals surface area (Å²) >= 11 is 0. The molecule has 3 saturated carbocycles. The number of ether oxygens (including phenoxy) is 4. The molecule has 0 radical (unpaired) electrons. The van der Waals surface area contributed by atoms with Gasteiger partial charge in [-0.15, -0.1) is 8.78 Å². The molecule has 5 aliphatic rings. The number of carboxylic acid groups (broad SMARTS) is 3. The van der Waals surface area contributed by atoms with Crippen molar-refractivity contribution in [3.8, 4) is 34.5 Å². The monoisotopic (exact) mass is 642 g/mol. The van der Waals surface area contributed by atoms with E-state index in [2.05, 4.69) is 9.47 Å². The Labute approximate surface area is 259 Å². The molecule has 3 fully saturated rings. The SMILES string of the molecule is O=C(O)C1(c2ccc(O)c(O)c2)CC1.O=C(O)C1(c2ccc3c(c2)OC(F)(F)O3)CC1.O=C(O)C1(c2ccc3c(c2)OCO3)CC1. The summed E-state index contributed by atoms with van der Waals surface area (Å²) in [5, 5.41) is 45.5. The summed E-state index contributed by atoms with van der Waals surface area (Å²) in [6.45, 7) is 0.221. The van der Waals surface area contributed by atoms with Crippen LogP contribution in [0.3, 0.4) is 0 Å². The van der Waals surface area contributed by atoms with Crippen LogP contribution in [0, 0.1) is 0 Å². The van der Waals surface area contributed by atoms with Gasteiger partial charge in [0.1, 0.15) is 0 Å². The second-order valence-corrected chi connectivity index (χ2v) is 11.8. The summed E-state index contributed by atoms with van der Waals surface area (Å²) in [4.78, 5) is 33.1. The molecular formula is C32H28F2O12. The molecule has 0 bridgehead atoms. The van der Waals surface area contributed by atoms with Gasteiger partial charge in [-0.05, 0) is 91.6 Å². The van der Waals surface area contributed by atoms with Gasteiger partial charge in [-0.1, -0.05) is 18.2 Å². The molecule has 0 atom stereocenters. The Morgan fingerprint density at radius 3 is 1.43 bits per heavy atom. The van der Waals surface area contributed by atoms with Gasteiger partial charge in [0.25, 0.3) is 0 Å². The highest BCUT2D eigenvalue weighted by molar-refractivity contribution is 5.86. The molecular weight excluding hydrogens is 614 g/mol. The first-order chi connectivity index (χ1) is 21.7. The molecule has 3 aromatic carbocycles. The van der Waals surface area contributed by atoms with Crippen LogP contribution in [0.4, 0.5) is 8.78 Å². The van der Waals surface area contributed by atoms with E-state index in [1.807, 2.05) is 6.07 Å². The fourth-order valence-electron chi connectivity index (χ4n) is 5.52. The maximum Gasteiger partial charge on any atom is 0.586 e. The van der Waals surface area contributed by atoms with Crippen molar-refractivity contribution in [1.82, 2.24) is 0 Å². The van der Waals surface area contributed by atoms with Crippen LogP contribution in [-0.2, 0) is 30.6 Å². The molecule has 0 amide bonds. The van der Waals surface area contributed by atoms with E-state index in [0.29, 0.717) is 61.2 Å². The Morgan fingerprint density at radius 1 is 0.543 bits per heavy atom. The van der Waals surface area contributed by atoms with Crippen molar-refractivity contribution in [3.63, 3.8) is 0 Å². The Bertz CT molecular complexity index is 1740. The predicted molar refractivity (Wildman–Crippen MR) is 151 cm³/mol. The smallest absolute Gasteiger partial charge is 0.504 e. The van der Waals surface area contributed by atoms with Crippen molar-refractivity contribution in [2.75, 3.05) is 6.79 Å². The highest BCUT2D eigenvalue weighted by Crippen LogP contribution is 2.53. The Balaban J connectivity index is 0.000000122. The number of phenols is 2. The number of hydrogen-bond donors (Lipinski definition) is 5. The number of aromatic hydroxyl groups is 2. The van der Waals surface area contributed by atoms with E-state index in [0.717, 1.165) is 5.56 Å². The van der Waals surface area contributed by atoms with Crippen LogP contribution < -0.4 is 18.9 Å². The standard InChI is InChI=1S/C11H8F2O4.C11H10O4.C10H10O4/c12-11(13)16-7-2-1-6(5-8(7)17-11)10(3-4-10)9(14)15;12-10(13)11(3-4-11)7-1-2-8-9(5-7)15-6-14-8;11-7-2-1-6(5-8(7)12)10(3-4-10)9(13)14/h1-2,5H,3-4H2,(H,14,15);1-2,5H,3-4,6H2,(H,12,13);1-2,5,11-12H,3-4H2,(H,13,14). The summed E-state index contributed by atoms with van der Waals surface area (Å²) in [5.74, 6) is -1.89. The number of rotatable bonds is 6. The third-order valence-corrected chi connectivity index (χ3v) is 8.89. The molecule has 0 aromatic heterocycles. The van der Waals surface area contributed by atoms with Gasteiger partial charge in [0.15, 0.2) is 34.5 Å². The second-order valence-electron chi connectivity index (χ2n) is 11.8. The van der Waals surface area contributed by atoms with Crippen molar-refractivity contribution in [3.05, 3.63) is 71.3 Å². The van der Waals surface area contributed by atoms with E-state index < -0.39 is 40.4 Å². The lowest BCUT2D eigenvalue weighted by atomic mass is 9.96. The van der Waals surface area contributed by atoms with Crippen LogP contribution in [0.15, 0.2) is 54.6 Å². The van der Waals surface area contributed by atoms with E-state index in [1.165, 1.54) is 36.4 Å². The van der Waals surface area contributed by atoms with Gasteiger partial charge < -0.3 is 44.5 Å². The van der Waals surface area contributed by atoms with Gasteiger partial charge >= 0.3 is 24.2 Å². The quantitative estimate of drug-likeness (QED) is 0.230. The molecule has 3 aromatic rings. The van der Waals surface area contributed by atoms with Gasteiger partial charge in [-0.25, -0.2) is 0 Å². The molecule has 8 rings (SSSR count). The van der Waals surface area contributed by atoms with E-state index in [-0.39, 0.29) is 29.8 Å². The van der Waals surface area contributed by atoms with Crippen LogP contribution in [0.2, 0.25) is 0 Å². The van der Waals surface area contributed by atoms with Crippen LogP contribution in [0.25, 0.3) is 0 Å². The van der Waals surface area contributed by atoms with E-state index in [4.69, 9.17) is 29.9 Å². The fraction of sp³-hybridized carbons (Fsp3) is 0.344. The molecule has 2 heterocycles. The molecule has 46 heavy (non-hydrogen) atoms. The fourth-order valence-corrected chi connectivity index (χ4v) is 5.52. The van der Waals surface area contributed by atoms with Crippen molar-refractivity contribution >= 4 is 17.9 Å². The zero-order valence-electron chi connectivity index (χ0n) is 24.0. The zero-order valence-corrected chi connectivity index (χ0v) is 24.0. The van der Waals surface area contributed by atoms with Crippen molar-refractivity contribution in [2.24, 2.45) is 0 Å². The molecule has 3 aliphatic carbocycles. The third kappa shape index (κ3) is 5.43. The van der Waals surface area contributed by atoms with E-state index >= 15 is 0 Å². The maximum atomic E-state index is 12.8. The summed E-state index contributed by atoms with van der Waals surface area (Å²) in [6.07, 6.45) is -0.0410. The lowest BCUT2D eigenvalue weighted by Crippen LogP contribution is -2.26. The minimum Gasteiger partial charge on any atom is -0.504 e. The van der Waals surface area contributed by atoms with Gasteiger partial charge in [0, 0.05) is 0 Å². The van der Waals surface area contributed by atoms with Crippen LogP contribution in [0.1, 0.15) is 55.2 Å². The Kier molecular flexibility index (Phi) is 7.13. The number of phenolic OH excluding ortho intramolecular Hbond substituents is 2. The second kappa shape index (κ2) is 10.7. The van der Waals surface area contributed by atoms with Gasteiger partial charge in [0.05, 0.1) is 16.2 Å². The summed E-state index contributed by atoms with van der Waals surface area (Å²) in [5.41, 5.74) is -0.577. The molecule has 12 nitrogen and oxygen atoms in total. The average Bonchev–Trinajstić information content (AvgIpc) is 3.91. The number of hydrogen-bond acceptors (Lipinski definition) is 9. The number of fused-ring (bicyclic) bond motifs is 2. The number of carbonyl (C=O) groups is 3. The normalized spacial score (nSPS) is 20.1. The Hall–Kier alpha value is -5.27. The molecule has 0 spiro atoms. The molecule has 242 valence electrons. The van der Waals surface area contributed by atoms with E-state index in [9.17, 15) is 28.3 Å². The van der Waals surface area contributed by atoms with Crippen molar-refractivity contribution < 1.29 is 67.6 Å².